The number of benzene rings is 8. The highest BCUT2D eigenvalue weighted by Crippen LogP contribution is 2.37. The summed E-state index contributed by atoms with van der Waals surface area (Å²) in [7, 11) is 11.8. The van der Waals surface area contributed by atoms with Crippen molar-refractivity contribution in [1.82, 2.24) is 0 Å². The maximum Gasteiger partial charge on any atom is 0.338 e. The Balaban J connectivity index is 0.000000281. The molecule has 0 fully saturated rings. The second-order valence-corrected chi connectivity index (χ2v) is 23.3. The third-order valence-corrected chi connectivity index (χ3v) is 16.6. The van der Waals surface area contributed by atoms with Crippen molar-refractivity contribution in [2.24, 2.45) is 23.7 Å². The molecule has 0 aliphatic carbocycles. The molecule has 0 radical (unpaired) electrons. The van der Waals surface area contributed by atoms with Gasteiger partial charge >= 0.3 is 23.9 Å². The number of ether oxygens (including phenoxy) is 12. The predicted octanol–water partition coefficient (Wildman–Crippen LogP) is 12.1. The molecule has 4 atom stereocenters. The molecule has 0 amide bonds. The van der Waals surface area contributed by atoms with Crippen molar-refractivity contribution in [2.45, 2.75) is 51.4 Å². The van der Waals surface area contributed by atoms with Crippen molar-refractivity contribution >= 4 is 23.9 Å². The summed E-state index contributed by atoms with van der Waals surface area (Å²) in [5.74, 6) is -2.23. The van der Waals surface area contributed by atoms with E-state index in [1.807, 2.05) is 0 Å². The summed E-state index contributed by atoms with van der Waals surface area (Å²) in [5, 5.41) is 80.5. The molecule has 0 saturated carbocycles. The lowest BCUT2D eigenvalue weighted by Gasteiger charge is -2.28. The minimum absolute atomic E-state index is 0.0435. The Labute approximate surface area is 578 Å². The Morgan fingerprint density at radius 1 is 0.270 bits per heavy atom. The highest BCUT2D eigenvalue weighted by Gasteiger charge is 2.29. The molecule has 0 aromatic heterocycles. The Hall–Kier alpha value is -11.6. The topological polar surface area (TPSA) is 341 Å². The molecule has 8 aromatic carbocycles. The Kier molecular flexibility index (Phi) is 28.2. The molecule has 0 heterocycles. The largest absolute Gasteiger partial charge is 0.504 e. The fraction of sp³-hybridized carbons (Fsp3) is 0.316. The van der Waals surface area contributed by atoms with E-state index < -0.39 is 23.9 Å². The maximum absolute atomic E-state index is 13.3. The highest BCUT2D eigenvalue weighted by atomic mass is 16.6. The van der Waals surface area contributed by atoms with Gasteiger partial charge in [0.25, 0.3) is 0 Å². The van der Waals surface area contributed by atoms with Crippen LogP contribution in [-0.4, -0.2) is 148 Å². The molecule has 0 bridgehead atoms. The molecule has 8 N–H and O–H groups in total. The summed E-state index contributed by atoms with van der Waals surface area (Å²) < 4.78 is 65.2. The number of carbonyl (C=O) groups is 4. The first-order valence-electron chi connectivity index (χ1n) is 31.7. The Bertz CT molecular complexity index is 3710. The summed E-state index contributed by atoms with van der Waals surface area (Å²) in [6.07, 6.45) is 3.31. The smallest absolute Gasteiger partial charge is 0.338 e. The van der Waals surface area contributed by atoms with Crippen molar-refractivity contribution in [3.8, 4) is 92.0 Å². The zero-order valence-electron chi connectivity index (χ0n) is 56.8. The Morgan fingerprint density at radius 3 is 0.690 bits per heavy atom. The van der Waals surface area contributed by atoms with Gasteiger partial charge in [-0.15, -0.1) is 0 Å². The van der Waals surface area contributed by atoms with Crippen LogP contribution in [0.25, 0.3) is 0 Å². The Morgan fingerprint density at radius 2 is 0.480 bits per heavy atom. The van der Waals surface area contributed by atoms with Gasteiger partial charge in [-0.3, -0.25) is 0 Å². The lowest BCUT2D eigenvalue weighted by atomic mass is 9.80. The van der Waals surface area contributed by atoms with Crippen molar-refractivity contribution in [3.05, 3.63) is 190 Å². The fourth-order valence-electron chi connectivity index (χ4n) is 11.1. The summed E-state index contributed by atoms with van der Waals surface area (Å²) in [6.45, 7) is 0.0633. The number of esters is 4. The number of phenols is 8. The van der Waals surface area contributed by atoms with Crippen molar-refractivity contribution in [1.29, 1.82) is 0 Å². The lowest BCUT2D eigenvalue weighted by Crippen LogP contribution is -2.26. The molecule has 0 unspecified atom stereocenters. The van der Waals surface area contributed by atoms with Crippen LogP contribution in [0.2, 0.25) is 0 Å². The number of aromatic hydroxyl groups is 8. The van der Waals surface area contributed by atoms with E-state index in [0.29, 0.717) is 120 Å². The minimum atomic E-state index is -0.607. The quantitative estimate of drug-likeness (QED) is 0.00804. The van der Waals surface area contributed by atoms with E-state index in [2.05, 4.69) is 0 Å². The lowest BCUT2D eigenvalue weighted by molar-refractivity contribution is 0.0358. The van der Waals surface area contributed by atoms with Crippen LogP contribution in [0.1, 0.15) is 89.4 Å². The van der Waals surface area contributed by atoms with Crippen molar-refractivity contribution in [2.75, 3.05) is 83.3 Å². The van der Waals surface area contributed by atoms with Gasteiger partial charge in [-0.25, -0.2) is 19.2 Å². The van der Waals surface area contributed by atoms with Gasteiger partial charge in [0.05, 0.1) is 106 Å². The third kappa shape index (κ3) is 22.2. The molecule has 0 saturated heterocycles. The molecular weight excluding hydrogens is 1300 g/mol. The standard InChI is InChI=1S/2C38H42O12/c2*1-45-29-16-26(17-30(20-29)46-2)37(43)49-11-5-6-25(12-23-7-9-33(39)35(41)14-23)28(13-24-8-10-34(40)36(42)15-24)22-50-38(44)27-18-31(47-3)21-32(19-27)48-4/h2*7-10,14-21,25,28,39-42H,5-6,11-13,22H2,1-4H3/t2*25-,28+/m10/s1. The summed E-state index contributed by atoms with van der Waals surface area (Å²) in [5.41, 5.74) is 3.78. The van der Waals surface area contributed by atoms with Gasteiger partial charge in [-0.2, -0.15) is 0 Å². The number of phenolic OH excluding ortho intramolecular Hbond substituents is 8. The van der Waals surface area contributed by atoms with Crippen LogP contribution < -0.4 is 37.9 Å². The average Bonchev–Trinajstić information content (AvgIpc) is 1.09. The number of hydrogen-bond donors (Lipinski definition) is 8. The molecule has 0 spiro atoms. The van der Waals surface area contributed by atoms with Crippen LogP contribution in [0, 0.1) is 23.7 Å². The number of rotatable bonds is 34. The second-order valence-electron chi connectivity index (χ2n) is 23.3. The summed E-state index contributed by atoms with van der Waals surface area (Å²) in [4.78, 5) is 52.5. The first-order valence-corrected chi connectivity index (χ1v) is 31.7. The van der Waals surface area contributed by atoms with Gasteiger partial charge in [0.15, 0.2) is 46.0 Å². The normalized spacial score (nSPS) is 12.0. The van der Waals surface area contributed by atoms with Gasteiger partial charge in [0.2, 0.25) is 0 Å². The van der Waals surface area contributed by atoms with Crippen LogP contribution in [0.3, 0.4) is 0 Å². The molecule has 24 heteroatoms. The molecule has 100 heavy (non-hydrogen) atoms. The van der Waals surface area contributed by atoms with E-state index in [0.717, 1.165) is 0 Å². The van der Waals surface area contributed by atoms with Gasteiger partial charge in [0.1, 0.15) is 46.0 Å². The predicted molar refractivity (Wildman–Crippen MR) is 366 cm³/mol. The van der Waals surface area contributed by atoms with E-state index in [1.165, 1.54) is 105 Å². The number of carbonyl (C=O) groups excluding carboxylic acids is 4. The van der Waals surface area contributed by atoms with Crippen molar-refractivity contribution in [3.63, 3.8) is 0 Å². The third-order valence-electron chi connectivity index (χ3n) is 16.6. The molecule has 532 valence electrons. The van der Waals surface area contributed by atoms with Crippen LogP contribution in [0.15, 0.2) is 146 Å². The van der Waals surface area contributed by atoms with Crippen LogP contribution >= 0.6 is 0 Å². The van der Waals surface area contributed by atoms with Gasteiger partial charge in [-0.05, 0) is 183 Å². The van der Waals surface area contributed by atoms with E-state index >= 15 is 0 Å². The number of hydrogen-bond acceptors (Lipinski definition) is 24. The van der Waals surface area contributed by atoms with Crippen LogP contribution in [0.5, 0.6) is 92.0 Å². The van der Waals surface area contributed by atoms with E-state index in [9.17, 15) is 60.0 Å². The molecule has 24 nitrogen and oxygen atoms in total. The van der Waals surface area contributed by atoms with E-state index in [4.69, 9.17) is 56.8 Å². The maximum atomic E-state index is 13.3. The SMILES string of the molecule is COc1cc(OC)cc(C(=O)OCCC[C@@H](Cc2ccc(O)c(O)c2)[C@@H](COC(=O)c2cc(OC)cc(OC)c2)Cc2ccc(O)c(O)c2)c1.COc1cc(OC)cc(C(=O)OCCC[C@H](Cc2ccc(O)c(O)c2)[C@H](COC(=O)c2cc(OC)cc(OC)c2)Cc2ccc(O)c(O)c2)c1. The second kappa shape index (κ2) is 37.2. The summed E-state index contributed by atoms with van der Waals surface area (Å²) >= 11 is 0. The number of methoxy groups -OCH3 is 8. The zero-order chi connectivity index (χ0) is 72.4. The zero-order valence-corrected chi connectivity index (χ0v) is 56.8. The van der Waals surface area contributed by atoms with E-state index in [-0.39, 0.29) is 118 Å². The van der Waals surface area contributed by atoms with Crippen LogP contribution in [-0.2, 0) is 44.6 Å². The molecular formula is C76H84O24. The molecule has 8 rings (SSSR count). The summed E-state index contributed by atoms with van der Waals surface area (Å²) in [6, 6.07) is 37.1. The van der Waals surface area contributed by atoms with Gasteiger partial charge in [0, 0.05) is 36.1 Å². The average molecular weight is 1380 g/mol. The van der Waals surface area contributed by atoms with Crippen molar-refractivity contribution < 1.29 is 117 Å². The first-order chi connectivity index (χ1) is 48.0. The molecule has 0 aliphatic heterocycles. The van der Waals surface area contributed by atoms with Gasteiger partial charge < -0.3 is 97.7 Å². The van der Waals surface area contributed by atoms with Gasteiger partial charge in [-0.1, -0.05) is 24.3 Å². The monoisotopic (exact) mass is 1380 g/mol. The van der Waals surface area contributed by atoms with Crippen LogP contribution in [0.4, 0.5) is 0 Å². The minimum Gasteiger partial charge on any atom is -0.504 e. The van der Waals surface area contributed by atoms with E-state index in [1.54, 1.807) is 97.1 Å². The highest BCUT2D eigenvalue weighted by molar-refractivity contribution is 5.92. The first kappa shape index (κ1) is 75.8. The molecule has 0 aliphatic rings. The fourth-order valence-corrected chi connectivity index (χ4v) is 11.1. The molecule has 8 aromatic rings.